The molecule has 4 atom stereocenters. The van der Waals surface area contributed by atoms with Gasteiger partial charge in [-0.1, -0.05) is 45.0 Å². The molecule has 0 spiro atoms. The minimum Gasteiger partial charge on any atom is -0.453 e. The summed E-state index contributed by atoms with van der Waals surface area (Å²) in [4.78, 5) is 60.5. The number of H-pyrrole nitrogens is 2. The van der Waals surface area contributed by atoms with Crippen molar-refractivity contribution in [2.45, 2.75) is 145 Å². The fraction of sp³-hybridized carbons (Fsp3) is 0.659. The molecule has 2 aromatic heterocycles. The Balaban J connectivity index is 0.897. The molecule has 5 heterocycles. The average molecular weight is 783 g/mol. The topological polar surface area (TPSA) is 158 Å². The Morgan fingerprint density at radius 2 is 1.44 bits per heavy atom. The summed E-state index contributed by atoms with van der Waals surface area (Å²) < 4.78 is 10.3. The highest BCUT2D eigenvalue weighted by atomic mass is 16.5. The second-order valence-corrected chi connectivity index (χ2v) is 17.8. The van der Waals surface area contributed by atoms with Crippen LogP contribution in [0.3, 0.4) is 0 Å². The zero-order valence-corrected chi connectivity index (χ0v) is 34.3. The number of likely N-dealkylation sites (tertiary alicyclic amines) is 2. The number of imidazole rings is 2. The van der Waals surface area contributed by atoms with Gasteiger partial charge in [0.1, 0.15) is 17.7 Å². The third-order valence-electron chi connectivity index (χ3n) is 14.3. The van der Waals surface area contributed by atoms with Crippen molar-refractivity contribution in [2.75, 3.05) is 33.4 Å². The van der Waals surface area contributed by atoms with Gasteiger partial charge in [-0.05, 0) is 106 Å². The van der Waals surface area contributed by atoms with Crippen LogP contribution >= 0.6 is 0 Å². The monoisotopic (exact) mass is 782 g/mol. The minimum atomic E-state index is -0.647. The normalized spacial score (nSPS) is 27.5. The predicted molar refractivity (Wildman–Crippen MR) is 216 cm³/mol. The van der Waals surface area contributed by atoms with Crippen LogP contribution in [0.25, 0.3) is 11.3 Å². The number of aromatic nitrogens is 4. The van der Waals surface area contributed by atoms with Crippen LogP contribution in [0.4, 0.5) is 4.79 Å². The Labute approximate surface area is 336 Å². The highest BCUT2D eigenvalue weighted by Crippen LogP contribution is 2.58. The molecule has 3 aromatic rings. The maximum atomic E-state index is 13.8. The van der Waals surface area contributed by atoms with E-state index in [2.05, 4.69) is 51.8 Å². The summed E-state index contributed by atoms with van der Waals surface area (Å²) in [5.41, 5.74) is 4.97. The predicted octanol–water partition coefficient (Wildman–Crippen LogP) is 6.60. The summed E-state index contributed by atoms with van der Waals surface area (Å²) in [7, 11) is 1.32. The van der Waals surface area contributed by atoms with Crippen LogP contribution in [-0.4, -0.2) is 99.2 Å². The molecule has 4 N–H and O–H groups in total. The van der Waals surface area contributed by atoms with Gasteiger partial charge in [0, 0.05) is 49.7 Å². The van der Waals surface area contributed by atoms with Crippen LogP contribution in [0, 0.1) is 5.92 Å². The van der Waals surface area contributed by atoms with Gasteiger partial charge >= 0.3 is 6.09 Å². The van der Waals surface area contributed by atoms with E-state index in [1.54, 1.807) is 0 Å². The second-order valence-electron chi connectivity index (χ2n) is 17.8. The van der Waals surface area contributed by atoms with Crippen LogP contribution in [0.2, 0.25) is 0 Å². The molecule has 3 saturated carbocycles. The van der Waals surface area contributed by atoms with Crippen LogP contribution in [0.15, 0.2) is 36.7 Å². The van der Waals surface area contributed by atoms with Gasteiger partial charge in [0.2, 0.25) is 11.8 Å². The molecule has 2 bridgehead atoms. The van der Waals surface area contributed by atoms with E-state index in [-0.39, 0.29) is 46.7 Å². The molecule has 9 rings (SSSR count). The van der Waals surface area contributed by atoms with E-state index in [1.165, 1.54) is 18.4 Å². The molecule has 3 aliphatic carbocycles. The molecule has 3 aliphatic heterocycles. The van der Waals surface area contributed by atoms with Gasteiger partial charge in [-0.25, -0.2) is 14.8 Å². The van der Waals surface area contributed by atoms with Crippen molar-refractivity contribution >= 4 is 17.9 Å². The number of rotatable bonds is 12. The van der Waals surface area contributed by atoms with Gasteiger partial charge in [-0.2, -0.15) is 0 Å². The van der Waals surface area contributed by atoms with Crippen molar-refractivity contribution in [3.05, 3.63) is 59.6 Å². The lowest BCUT2D eigenvalue weighted by molar-refractivity contribution is -0.136. The smallest absolute Gasteiger partial charge is 0.407 e. The lowest BCUT2D eigenvalue weighted by atomic mass is 9.51. The van der Waals surface area contributed by atoms with E-state index >= 15 is 0 Å². The maximum Gasteiger partial charge on any atom is 0.407 e. The third kappa shape index (κ3) is 7.73. The third-order valence-corrected chi connectivity index (χ3v) is 14.3. The Kier molecular flexibility index (Phi) is 11.5. The first-order valence-electron chi connectivity index (χ1n) is 21.6. The van der Waals surface area contributed by atoms with E-state index in [9.17, 15) is 14.4 Å². The zero-order chi connectivity index (χ0) is 39.7. The van der Waals surface area contributed by atoms with Crippen LogP contribution in [0.1, 0.15) is 139 Å². The highest BCUT2D eigenvalue weighted by Gasteiger charge is 2.51. The number of carbonyl (C=O) groups excluding carboxylic acids is 3. The summed E-state index contributed by atoms with van der Waals surface area (Å²) >= 11 is 0. The van der Waals surface area contributed by atoms with E-state index in [0.717, 1.165) is 126 Å². The number of ether oxygens (including phenoxy) is 2. The molecule has 57 heavy (non-hydrogen) atoms. The van der Waals surface area contributed by atoms with Crippen LogP contribution < -0.4 is 10.6 Å². The second kappa shape index (κ2) is 16.6. The van der Waals surface area contributed by atoms with Gasteiger partial charge in [0.05, 0.1) is 37.1 Å². The van der Waals surface area contributed by atoms with E-state index in [0.29, 0.717) is 12.6 Å². The van der Waals surface area contributed by atoms with Crippen molar-refractivity contribution in [1.29, 1.82) is 0 Å². The van der Waals surface area contributed by atoms with Gasteiger partial charge in [-0.3, -0.25) is 9.59 Å². The van der Waals surface area contributed by atoms with Crippen molar-refractivity contribution in [1.82, 2.24) is 40.4 Å². The van der Waals surface area contributed by atoms with E-state index in [1.807, 2.05) is 36.0 Å². The number of alkyl carbamates (subject to hydrolysis) is 1. The number of nitrogens with one attached hydrogen (secondary N) is 4. The molecule has 13 nitrogen and oxygen atoms in total. The van der Waals surface area contributed by atoms with Crippen LogP contribution in [0.5, 0.6) is 0 Å². The minimum absolute atomic E-state index is 0.0298. The first kappa shape index (κ1) is 39.6. The molecule has 6 fully saturated rings. The number of nitrogens with zero attached hydrogens (tertiary/aromatic N) is 4. The Morgan fingerprint density at radius 1 is 0.842 bits per heavy atom. The Bertz CT molecular complexity index is 1860. The number of aromatic amines is 2. The number of hydrogen-bond acceptors (Lipinski definition) is 8. The lowest BCUT2D eigenvalue weighted by Gasteiger charge is -2.53. The summed E-state index contributed by atoms with van der Waals surface area (Å²) in [6, 6.07) is 8.47. The molecular formula is C44H62N8O5. The van der Waals surface area contributed by atoms with Crippen molar-refractivity contribution < 1.29 is 23.9 Å². The fourth-order valence-electron chi connectivity index (χ4n) is 10.7. The number of benzene rings is 1. The van der Waals surface area contributed by atoms with Crippen LogP contribution in [-0.2, 0) is 29.9 Å². The molecule has 13 heteroatoms. The first-order chi connectivity index (χ1) is 27.6. The summed E-state index contributed by atoms with van der Waals surface area (Å²) in [5.74, 6) is 1.76. The number of carbonyl (C=O) groups is 3. The Hall–Kier alpha value is -4.23. The van der Waals surface area contributed by atoms with Crippen molar-refractivity contribution in [3.63, 3.8) is 0 Å². The molecule has 3 saturated heterocycles. The average Bonchev–Trinajstić information content (AvgIpc) is 4.09. The van der Waals surface area contributed by atoms with Gasteiger partial charge in [0.15, 0.2) is 0 Å². The number of hydrogen-bond donors (Lipinski definition) is 4. The van der Waals surface area contributed by atoms with Gasteiger partial charge in [-0.15, -0.1) is 0 Å². The molecular weight excluding hydrogens is 721 g/mol. The molecule has 0 radical (unpaired) electrons. The van der Waals surface area contributed by atoms with E-state index in [4.69, 9.17) is 19.4 Å². The molecule has 3 amide bonds. The number of amides is 3. The Morgan fingerprint density at radius 3 is 2.05 bits per heavy atom. The molecule has 6 aliphatic rings. The first-order valence-corrected chi connectivity index (χ1v) is 21.6. The lowest BCUT2D eigenvalue weighted by Crippen LogP contribution is -2.51. The van der Waals surface area contributed by atoms with Gasteiger partial charge in [0.25, 0.3) is 0 Å². The zero-order valence-electron chi connectivity index (χ0n) is 34.3. The van der Waals surface area contributed by atoms with E-state index < -0.39 is 12.1 Å². The fourth-order valence-corrected chi connectivity index (χ4v) is 10.7. The molecule has 308 valence electrons. The largest absolute Gasteiger partial charge is 0.453 e. The summed E-state index contributed by atoms with van der Waals surface area (Å²) in [5, 5.41) is 6.38. The number of methoxy groups -OCH3 is 1. The van der Waals surface area contributed by atoms with Crippen molar-refractivity contribution in [3.8, 4) is 11.3 Å². The SMILES string of the molecule is CCC(NC1CCOCC1)C(=O)N1CCCC1c1ncc(-c2ccc(C34CCC(c5cnc(C6CCCN6C(=O)C(NC(=O)OC)C(C)C)[nH]5)(CC3)CC4)cc2)[nH]1. The maximum absolute atomic E-state index is 13.8. The number of fused-ring (bicyclic) bond motifs is 3. The quantitative estimate of drug-likeness (QED) is 0.160. The highest BCUT2D eigenvalue weighted by molar-refractivity contribution is 5.86. The summed E-state index contributed by atoms with van der Waals surface area (Å²) in [6.07, 6.45) is 16.4. The summed E-state index contributed by atoms with van der Waals surface area (Å²) in [6.45, 7) is 8.89. The van der Waals surface area contributed by atoms with Gasteiger partial charge < -0.3 is 39.9 Å². The molecule has 4 unspecified atom stereocenters. The van der Waals surface area contributed by atoms with Crippen molar-refractivity contribution in [2.24, 2.45) is 5.92 Å². The molecule has 1 aromatic carbocycles. The standard InChI is InChI=1S/C44H62N8O5/c1-5-32(47-31-14-24-57-25-15-31)40(53)51-22-6-8-34(51)38-45-26-33(48-38)29-10-12-30(13-11-29)43-16-19-44(20-17-43,21-18-43)36-27-46-39(49-36)35-9-7-23-52(35)41(54)37(28(2)3)50-42(55)56-4/h10-13,26-28,31-32,34-35,37,47H,5-9,14-25H2,1-4H3,(H,45,48)(H,46,49)(H,50,55).